The highest BCUT2D eigenvalue weighted by Gasteiger charge is 2.13. The van der Waals surface area contributed by atoms with Gasteiger partial charge in [-0.1, -0.05) is 12.1 Å². The highest BCUT2D eigenvalue weighted by Crippen LogP contribution is 2.29. The van der Waals surface area contributed by atoms with Crippen molar-refractivity contribution in [3.05, 3.63) is 69.9 Å². The zero-order chi connectivity index (χ0) is 22.9. The molecule has 0 atom stereocenters. The summed E-state index contributed by atoms with van der Waals surface area (Å²) in [6, 6.07) is 13.7. The maximum Gasteiger partial charge on any atom is 0.353 e. The van der Waals surface area contributed by atoms with Crippen LogP contribution in [0.5, 0.6) is 23.0 Å². The number of benzene rings is 2. The van der Waals surface area contributed by atoms with Crippen LogP contribution in [-0.2, 0) is 11.2 Å². The summed E-state index contributed by atoms with van der Waals surface area (Å²) in [5.41, 5.74) is 3.90. The lowest BCUT2D eigenvalue weighted by molar-refractivity contribution is -0.120. The standard InChI is InChI=1S/C23H22N2O6S/c1-28-17-8-6-15(11-19(17)29-2)13-22(26)25-24-14-16-7-9-18(20(12-16)30-3)31-23(27)21-5-4-10-32-21/h4-12,14H,13H2,1-3H3,(H,25,26). The van der Waals surface area contributed by atoms with Gasteiger partial charge in [0.2, 0.25) is 5.91 Å². The highest BCUT2D eigenvalue weighted by atomic mass is 32.1. The maximum atomic E-state index is 12.2. The van der Waals surface area contributed by atoms with Crippen molar-refractivity contribution in [2.24, 2.45) is 5.10 Å². The molecule has 2 aromatic carbocycles. The second-order valence-electron chi connectivity index (χ2n) is 6.44. The number of rotatable bonds is 9. The van der Waals surface area contributed by atoms with Gasteiger partial charge in [-0.2, -0.15) is 5.10 Å². The van der Waals surface area contributed by atoms with Gasteiger partial charge in [-0.25, -0.2) is 10.2 Å². The first-order valence-corrected chi connectivity index (χ1v) is 10.4. The molecule has 1 heterocycles. The molecule has 9 heteroatoms. The zero-order valence-electron chi connectivity index (χ0n) is 17.8. The number of nitrogens with one attached hydrogen (secondary N) is 1. The lowest BCUT2D eigenvalue weighted by Crippen LogP contribution is -2.19. The van der Waals surface area contributed by atoms with Crippen molar-refractivity contribution in [3.63, 3.8) is 0 Å². The van der Waals surface area contributed by atoms with Crippen LogP contribution in [0.1, 0.15) is 20.8 Å². The Bertz CT molecular complexity index is 1110. The number of thiophene rings is 1. The molecular formula is C23H22N2O6S. The monoisotopic (exact) mass is 454 g/mol. The number of esters is 1. The van der Waals surface area contributed by atoms with Gasteiger partial charge in [0.25, 0.3) is 0 Å². The van der Waals surface area contributed by atoms with Gasteiger partial charge in [0.1, 0.15) is 4.88 Å². The zero-order valence-corrected chi connectivity index (χ0v) is 18.6. The lowest BCUT2D eigenvalue weighted by Gasteiger charge is -2.09. The molecule has 0 spiro atoms. The Morgan fingerprint density at radius 3 is 2.34 bits per heavy atom. The van der Waals surface area contributed by atoms with E-state index in [4.69, 9.17) is 18.9 Å². The van der Waals surface area contributed by atoms with Crippen molar-refractivity contribution in [1.29, 1.82) is 0 Å². The Morgan fingerprint density at radius 2 is 1.66 bits per heavy atom. The summed E-state index contributed by atoms with van der Waals surface area (Å²) < 4.78 is 21.1. The van der Waals surface area contributed by atoms with Gasteiger partial charge in [0.05, 0.1) is 34.0 Å². The van der Waals surface area contributed by atoms with Crippen molar-refractivity contribution < 1.29 is 28.5 Å². The number of carbonyl (C=O) groups is 2. The maximum absolute atomic E-state index is 12.2. The summed E-state index contributed by atoms with van der Waals surface area (Å²) >= 11 is 1.29. The molecule has 166 valence electrons. The Balaban J connectivity index is 1.60. The third-order valence-corrected chi connectivity index (χ3v) is 5.18. The molecule has 1 N–H and O–H groups in total. The van der Waals surface area contributed by atoms with Crippen LogP contribution in [0.2, 0.25) is 0 Å². The van der Waals surface area contributed by atoms with E-state index in [0.29, 0.717) is 33.4 Å². The summed E-state index contributed by atoms with van der Waals surface area (Å²) in [6.45, 7) is 0. The fourth-order valence-electron chi connectivity index (χ4n) is 2.79. The molecule has 0 fully saturated rings. The van der Waals surface area contributed by atoms with E-state index in [1.165, 1.54) is 31.8 Å². The molecule has 32 heavy (non-hydrogen) atoms. The molecule has 3 aromatic rings. The molecule has 1 aromatic heterocycles. The van der Waals surface area contributed by atoms with Crippen molar-refractivity contribution in [2.75, 3.05) is 21.3 Å². The van der Waals surface area contributed by atoms with E-state index in [9.17, 15) is 9.59 Å². The predicted octanol–water partition coefficient (Wildman–Crippen LogP) is 3.69. The van der Waals surface area contributed by atoms with E-state index in [1.807, 2.05) is 0 Å². The van der Waals surface area contributed by atoms with Gasteiger partial charge in [0.15, 0.2) is 23.0 Å². The second-order valence-corrected chi connectivity index (χ2v) is 7.38. The quantitative estimate of drug-likeness (QED) is 0.229. The van der Waals surface area contributed by atoms with Crippen LogP contribution in [0.4, 0.5) is 0 Å². The molecule has 0 saturated carbocycles. The molecule has 0 aliphatic carbocycles. The molecule has 0 bridgehead atoms. The summed E-state index contributed by atoms with van der Waals surface area (Å²) in [7, 11) is 4.56. The summed E-state index contributed by atoms with van der Waals surface area (Å²) in [4.78, 5) is 24.8. The summed E-state index contributed by atoms with van der Waals surface area (Å²) in [5, 5.41) is 5.78. The van der Waals surface area contributed by atoms with Gasteiger partial charge in [-0.05, 0) is 52.9 Å². The number of methoxy groups -OCH3 is 3. The second kappa shape index (κ2) is 11.0. The summed E-state index contributed by atoms with van der Waals surface area (Å²) in [5.74, 6) is 1.06. The molecule has 0 unspecified atom stereocenters. The van der Waals surface area contributed by atoms with Crippen molar-refractivity contribution in [3.8, 4) is 23.0 Å². The Labute approximate surface area is 189 Å². The van der Waals surface area contributed by atoms with E-state index in [2.05, 4.69) is 10.5 Å². The van der Waals surface area contributed by atoms with Gasteiger partial charge < -0.3 is 18.9 Å². The largest absolute Gasteiger partial charge is 0.493 e. The minimum atomic E-state index is -0.456. The van der Waals surface area contributed by atoms with Crippen molar-refractivity contribution in [2.45, 2.75) is 6.42 Å². The van der Waals surface area contributed by atoms with Gasteiger partial charge in [-0.15, -0.1) is 11.3 Å². The average molecular weight is 455 g/mol. The first kappa shape index (κ1) is 22.8. The number of ether oxygens (including phenoxy) is 4. The fourth-order valence-corrected chi connectivity index (χ4v) is 3.39. The van der Waals surface area contributed by atoms with Crippen LogP contribution >= 0.6 is 11.3 Å². The number of amides is 1. The van der Waals surface area contributed by atoms with Gasteiger partial charge in [-0.3, -0.25) is 4.79 Å². The van der Waals surface area contributed by atoms with Crippen molar-refractivity contribution >= 4 is 29.4 Å². The molecule has 0 aliphatic rings. The Morgan fingerprint density at radius 1 is 0.938 bits per heavy atom. The van der Waals surface area contributed by atoms with Crippen LogP contribution in [0.25, 0.3) is 0 Å². The molecule has 1 amide bonds. The molecule has 3 rings (SSSR count). The number of carbonyl (C=O) groups excluding carboxylic acids is 2. The SMILES string of the molecule is COc1ccc(CC(=O)NN=Cc2ccc(OC(=O)c3cccs3)c(OC)c2)cc1OC. The topological polar surface area (TPSA) is 95.5 Å². The minimum absolute atomic E-state index is 0.124. The lowest BCUT2D eigenvalue weighted by atomic mass is 10.1. The number of hydrogen-bond donors (Lipinski definition) is 1. The normalized spacial score (nSPS) is 10.6. The van der Waals surface area contributed by atoms with Crippen LogP contribution in [-0.4, -0.2) is 39.4 Å². The molecule has 0 radical (unpaired) electrons. The van der Waals surface area contributed by atoms with E-state index in [0.717, 1.165) is 5.56 Å². The van der Waals surface area contributed by atoms with E-state index in [1.54, 1.807) is 61.0 Å². The minimum Gasteiger partial charge on any atom is -0.493 e. The number of nitrogens with zero attached hydrogens (tertiary/aromatic N) is 1. The van der Waals surface area contributed by atoms with E-state index in [-0.39, 0.29) is 12.3 Å². The summed E-state index contributed by atoms with van der Waals surface area (Å²) in [6.07, 6.45) is 1.60. The van der Waals surface area contributed by atoms with Crippen LogP contribution in [0.3, 0.4) is 0 Å². The van der Waals surface area contributed by atoms with Crippen LogP contribution in [0, 0.1) is 0 Å². The molecular weight excluding hydrogens is 432 g/mol. The highest BCUT2D eigenvalue weighted by molar-refractivity contribution is 7.12. The predicted molar refractivity (Wildman–Crippen MR) is 121 cm³/mol. The first-order valence-electron chi connectivity index (χ1n) is 9.50. The smallest absolute Gasteiger partial charge is 0.353 e. The molecule has 8 nitrogen and oxygen atoms in total. The number of hydrogen-bond acceptors (Lipinski definition) is 8. The van der Waals surface area contributed by atoms with Crippen LogP contribution in [0.15, 0.2) is 59.0 Å². The third kappa shape index (κ3) is 5.86. The van der Waals surface area contributed by atoms with Gasteiger partial charge >= 0.3 is 5.97 Å². The Kier molecular flexibility index (Phi) is 7.82. The van der Waals surface area contributed by atoms with E-state index < -0.39 is 5.97 Å². The Hall–Kier alpha value is -3.85. The third-order valence-electron chi connectivity index (χ3n) is 4.33. The van der Waals surface area contributed by atoms with Crippen molar-refractivity contribution in [1.82, 2.24) is 5.43 Å². The molecule has 0 saturated heterocycles. The average Bonchev–Trinajstić information content (AvgIpc) is 3.35. The van der Waals surface area contributed by atoms with E-state index >= 15 is 0 Å². The first-order chi connectivity index (χ1) is 15.5. The molecule has 0 aliphatic heterocycles. The van der Waals surface area contributed by atoms with Crippen LogP contribution < -0.4 is 24.4 Å². The fraction of sp³-hybridized carbons (Fsp3) is 0.174. The number of hydrazone groups is 1. The van der Waals surface area contributed by atoms with Gasteiger partial charge in [0, 0.05) is 0 Å².